The fourth-order valence-corrected chi connectivity index (χ4v) is 1.53. The molecule has 0 saturated carbocycles. The van der Waals surface area contributed by atoms with Crippen molar-refractivity contribution in [2.45, 2.75) is 12.0 Å². The molecule has 12 heteroatoms. The number of hydrogen-bond acceptors (Lipinski definition) is 4. The second-order valence-corrected chi connectivity index (χ2v) is 6.65. The molecule has 1 atom stereocenters. The largest absolute Gasteiger partial charge is 0.369 e. The van der Waals surface area contributed by atoms with Crippen molar-refractivity contribution in [2.75, 3.05) is 0 Å². The lowest BCUT2D eigenvalue weighted by Crippen LogP contribution is -2.23. The third kappa shape index (κ3) is 4.79. The molecular weight excluding hydrogens is 261 g/mol. The Morgan fingerprint density at radius 3 is 1.21 bits per heavy atom. The van der Waals surface area contributed by atoms with E-state index in [0.29, 0.717) is 6.92 Å². The highest BCUT2D eigenvalue weighted by Gasteiger charge is 2.55. The molecule has 0 aliphatic carbocycles. The Balaban J connectivity index is 0. The maximum Gasteiger partial charge on any atom is 0.369 e. The molecule has 0 aliphatic rings. The van der Waals surface area contributed by atoms with Crippen molar-refractivity contribution >= 4 is 23.9 Å². The Morgan fingerprint density at radius 1 is 1.07 bits per heavy atom. The highest BCUT2D eigenvalue weighted by molar-refractivity contribution is 7.71. The van der Waals surface area contributed by atoms with Crippen LogP contribution in [-0.4, -0.2) is 34.7 Å². The summed E-state index contributed by atoms with van der Waals surface area (Å²) in [7, 11) is -11.9. The minimum Gasteiger partial charge on any atom is -0.368 e. The Labute approximate surface area is 80.0 Å². The lowest BCUT2D eigenvalue weighted by Gasteiger charge is -2.24. The van der Waals surface area contributed by atoms with Crippen LogP contribution in [0.5, 0.6) is 0 Å². The van der Waals surface area contributed by atoms with Gasteiger partial charge in [0, 0.05) is 0 Å². The fourth-order valence-electron chi connectivity index (χ4n) is 0.170. The second kappa shape index (κ2) is 5.51. The summed E-state index contributed by atoms with van der Waals surface area (Å²) < 4.78 is 29.1. The Hall–Kier alpha value is 0.450. The fraction of sp³-hybridized carbons (Fsp3) is 1.00. The maximum atomic E-state index is 10.3. The summed E-state index contributed by atoms with van der Waals surface area (Å²) in [5.41, 5.74) is 0. The molecule has 0 rings (SSSR count). The van der Waals surface area contributed by atoms with E-state index in [0.717, 1.165) is 0 Å². The molecule has 0 aromatic rings. The van der Waals surface area contributed by atoms with Crippen molar-refractivity contribution in [1.82, 2.24) is 0 Å². The molecule has 0 spiro atoms. The zero-order chi connectivity index (χ0) is 12.2. The highest BCUT2D eigenvalue weighted by atomic mass is 31.2. The standard InChI is InChI=1S/C2H8O7P2.H3O2P/c1-2(3,10(4,5)6)11(7,8)9;1-3-2/h3H,1H3,(H2,4,5,6)(H2,7,8,9);3H2,(H,1,2). The Kier molecular flexibility index (Phi) is 6.64. The summed E-state index contributed by atoms with van der Waals surface area (Å²) in [6.45, 7) is 0.383. The van der Waals surface area contributed by atoms with Crippen LogP contribution >= 0.6 is 23.9 Å². The second-order valence-electron chi connectivity index (χ2n) is 2.16. The minimum atomic E-state index is -5.20. The molecular formula is C2H11O9P3. The molecule has 0 aromatic carbocycles. The number of aliphatic hydroxyl groups is 1. The van der Waals surface area contributed by atoms with Crippen molar-refractivity contribution < 1.29 is 43.3 Å². The predicted molar refractivity (Wildman–Crippen MR) is 47.3 cm³/mol. The van der Waals surface area contributed by atoms with Crippen LogP contribution in [-0.2, 0) is 13.7 Å². The third-order valence-corrected chi connectivity index (χ3v) is 4.87. The minimum absolute atomic E-state index is 0.383. The van der Waals surface area contributed by atoms with Gasteiger partial charge in [0.2, 0.25) is 0 Å². The van der Waals surface area contributed by atoms with Crippen LogP contribution in [0.2, 0.25) is 0 Å². The molecule has 0 fully saturated rings. The zero-order valence-electron chi connectivity index (χ0n) is 6.88. The van der Waals surface area contributed by atoms with E-state index in [-0.39, 0.29) is 0 Å². The van der Waals surface area contributed by atoms with Gasteiger partial charge in [0.1, 0.15) is 0 Å². The first-order chi connectivity index (χ1) is 5.91. The first-order valence-electron chi connectivity index (χ1n) is 2.83. The van der Waals surface area contributed by atoms with E-state index < -0.39 is 29.0 Å². The lowest BCUT2D eigenvalue weighted by molar-refractivity contribution is 0.146. The van der Waals surface area contributed by atoms with Gasteiger partial charge in [-0.2, -0.15) is 0 Å². The average molecular weight is 272 g/mol. The predicted octanol–water partition coefficient (Wildman–Crippen LogP) is -1.34. The van der Waals surface area contributed by atoms with Crippen LogP contribution in [0, 0.1) is 0 Å². The van der Waals surface area contributed by atoms with Crippen molar-refractivity contribution in [3.8, 4) is 0 Å². The molecule has 0 aromatic heterocycles. The van der Waals surface area contributed by atoms with Crippen LogP contribution in [0.1, 0.15) is 6.92 Å². The normalized spacial score (nSPS) is 13.9. The van der Waals surface area contributed by atoms with Gasteiger partial charge in [0.25, 0.3) is 5.08 Å². The SMILES string of the molecule is CC(O)(P(=O)(O)O)P(=O)(O)O.O=[PH2]O. The Morgan fingerprint density at radius 2 is 1.21 bits per heavy atom. The van der Waals surface area contributed by atoms with Gasteiger partial charge in [-0.15, -0.1) is 0 Å². The maximum absolute atomic E-state index is 10.3. The van der Waals surface area contributed by atoms with E-state index in [2.05, 4.69) is 0 Å². The van der Waals surface area contributed by atoms with Crippen molar-refractivity contribution in [3.63, 3.8) is 0 Å². The lowest BCUT2D eigenvalue weighted by atomic mass is 10.9. The summed E-state index contributed by atoms with van der Waals surface area (Å²) in [6.07, 6.45) is 0. The Bertz CT molecular complexity index is 246. The topological polar surface area (TPSA) is 173 Å². The van der Waals surface area contributed by atoms with Crippen LogP contribution in [0.25, 0.3) is 0 Å². The molecule has 0 amide bonds. The highest BCUT2D eigenvalue weighted by Crippen LogP contribution is 2.66. The third-order valence-electron chi connectivity index (χ3n) is 1.10. The summed E-state index contributed by atoms with van der Waals surface area (Å²) in [6, 6.07) is 0. The smallest absolute Gasteiger partial charge is 0.368 e. The van der Waals surface area contributed by atoms with Gasteiger partial charge in [-0.1, -0.05) is 0 Å². The molecule has 0 saturated heterocycles. The molecule has 0 radical (unpaired) electrons. The monoisotopic (exact) mass is 272 g/mol. The van der Waals surface area contributed by atoms with Crippen LogP contribution < -0.4 is 0 Å². The van der Waals surface area contributed by atoms with E-state index in [1.165, 1.54) is 0 Å². The first kappa shape index (κ1) is 16.9. The number of hydrogen-bond donors (Lipinski definition) is 6. The van der Waals surface area contributed by atoms with Crippen LogP contribution in [0.4, 0.5) is 0 Å². The molecule has 88 valence electrons. The summed E-state index contributed by atoms with van der Waals surface area (Å²) in [4.78, 5) is 40.1. The van der Waals surface area contributed by atoms with Gasteiger partial charge in [-0.25, -0.2) is 0 Å². The van der Waals surface area contributed by atoms with Gasteiger partial charge in [-0.3, -0.25) is 13.7 Å². The van der Waals surface area contributed by atoms with E-state index in [9.17, 15) is 9.13 Å². The molecule has 0 bridgehead atoms. The van der Waals surface area contributed by atoms with Crippen molar-refractivity contribution in [3.05, 3.63) is 0 Å². The van der Waals surface area contributed by atoms with Gasteiger partial charge >= 0.3 is 15.2 Å². The summed E-state index contributed by atoms with van der Waals surface area (Å²) >= 11 is 0. The summed E-state index contributed by atoms with van der Waals surface area (Å²) in [5.74, 6) is 0. The first-order valence-corrected chi connectivity index (χ1v) is 7.04. The van der Waals surface area contributed by atoms with Gasteiger partial charge < -0.3 is 29.6 Å². The van der Waals surface area contributed by atoms with Gasteiger partial charge in [0.05, 0.1) is 0 Å². The van der Waals surface area contributed by atoms with Crippen LogP contribution in [0.3, 0.4) is 0 Å². The van der Waals surface area contributed by atoms with Gasteiger partial charge in [-0.05, 0) is 6.92 Å². The summed E-state index contributed by atoms with van der Waals surface area (Å²) in [5, 5.41) is 5.37. The van der Waals surface area contributed by atoms with Crippen LogP contribution in [0.15, 0.2) is 0 Å². The average Bonchev–Trinajstić information content (AvgIpc) is 1.83. The van der Waals surface area contributed by atoms with E-state index in [1.54, 1.807) is 0 Å². The molecule has 0 aliphatic heterocycles. The molecule has 14 heavy (non-hydrogen) atoms. The quantitative estimate of drug-likeness (QED) is 0.332. The van der Waals surface area contributed by atoms with E-state index in [4.69, 9.17) is 34.1 Å². The molecule has 0 heterocycles. The zero-order valence-corrected chi connectivity index (χ0v) is 9.82. The van der Waals surface area contributed by atoms with E-state index >= 15 is 0 Å². The van der Waals surface area contributed by atoms with Crippen molar-refractivity contribution in [1.29, 1.82) is 0 Å². The van der Waals surface area contributed by atoms with Crippen molar-refractivity contribution in [2.24, 2.45) is 0 Å². The molecule has 6 N–H and O–H groups in total. The molecule has 1 unspecified atom stereocenters. The van der Waals surface area contributed by atoms with E-state index in [1.807, 2.05) is 0 Å². The molecule has 9 nitrogen and oxygen atoms in total. The van der Waals surface area contributed by atoms with Gasteiger partial charge in [0.15, 0.2) is 8.69 Å². The number of rotatable bonds is 2.